The van der Waals surface area contributed by atoms with E-state index in [-0.39, 0.29) is 11.3 Å². The van der Waals surface area contributed by atoms with Crippen LogP contribution in [0.25, 0.3) is 0 Å². The van der Waals surface area contributed by atoms with E-state index in [1.807, 2.05) is 22.9 Å². The minimum atomic E-state index is 0.00151. The molecule has 0 atom stereocenters. The van der Waals surface area contributed by atoms with Crippen LogP contribution in [0.15, 0.2) is 35.0 Å². The summed E-state index contributed by atoms with van der Waals surface area (Å²) in [5.41, 5.74) is 1.99. The zero-order chi connectivity index (χ0) is 16.4. The Bertz CT molecular complexity index is 720. The molecule has 1 aromatic carbocycles. The third kappa shape index (κ3) is 2.88. The van der Waals surface area contributed by atoms with Gasteiger partial charge in [0.2, 0.25) is 0 Å². The number of nitrogens with one attached hydrogen (secondary N) is 1. The van der Waals surface area contributed by atoms with E-state index in [9.17, 15) is 4.79 Å². The monoisotopic (exact) mass is 343 g/mol. The first-order valence-electron chi connectivity index (χ1n) is 8.47. The first-order valence-corrected chi connectivity index (χ1v) is 9.42. The van der Waals surface area contributed by atoms with Crippen LogP contribution in [0.4, 0.5) is 0 Å². The van der Waals surface area contributed by atoms with E-state index in [2.05, 4.69) is 17.4 Å². The van der Waals surface area contributed by atoms with E-state index in [0.29, 0.717) is 19.8 Å². The van der Waals surface area contributed by atoms with Gasteiger partial charge in [0.1, 0.15) is 13.2 Å². The molecule has 2 aliphatic rings. The average molecular weight is 343 g/mol. The topological polar surface area (TPSA) is 47.6 Å². The highest BCUT2D eigenvalue weighted by Gasteiger charge is 2.36. The molecule has 0 radical (unpaired) electrons. The predicted octanol–water partition coefficient (Wildman–Crippen LogP) is 3.76. The van der Waals surface area contributed by atoms with Crippen LogP contribution in [0.5, 0.6) is 11.5 Å². The standard InChI is InChI=1S/C19H21NO3S/c21-18(14-5-10-24-12-14)20-13-19(6-1-2-7-19)15-3-4-16-17(11-15)23-9-8-22-16/h3-5,10-12H,1-2,6-9,13H2,(H,20,21). The van der Waals surface area contributed by atoms with Crippen molar-refractivity contribution in [3.8, 4) is 11.5 Å². The second kappa shape index (κ2) is 6.48. The Balaban J connectivity index is 1.56. The molecule has 1 saturated carbocycles. The smallest absolute Gasteiger partial charge is 0.252 e. The summed E-state index contributed by atoms with van der Waals surface area (Å²) < 4.78 is 11.4. The van der Waals surface area contributed by atoms with Crippen molar-refractivity contribution in [2.24, 2.45) is 0 Å². The molecule has 2 aromatic rings. The zero-order valence-corrected chi connectivity index (χ0v) is 14.4. The number of thiophene rings is 1. The molecule has 0 spiro atoms. The molecular weight excluding hydrogens is 322 g/mol. The van der Waals surface area contributed by atoms with E-state index in [4.69, 9.17) is 9.47 Å². The van der Waals surface area contributed by atoms with Gasteiger partial charge < -0.3 is 14.8 Å². The van der Waals surface area contributed by atoms with Crippen LogP contribution < -0.4 is 14.8 Å². The maximum atomic E-state index is 12.3. The number of hydrogen-bond acceptors (Lipinski definition) is 4. The van der Waals surface area contributed by atoms with E-state index < -0.39 is 0 Å². The molecule has 1 amide bonds. The largest absolute Gasteiger partial charge is 0.486 e. The molecule has 1 aromatic heterocycles. The van der Waals surface area contributed by atoms with Gasteiger partial charge in [-0.1, -0.05) is 18.9 Å². The van der Waals surface area contributed by atoms with Crippen LogP contribution in [0.3, 0.4) is 0 Å². The molecule has 2 heterocycles. The Kier molecular flexibility index (Phi) is 4.19. The highest BCUT2D eigenvalue weighted by atomic mass is 32.1. The van der Waals surface area contributed by atoms with Crippen molar-refractivity contribution in [1.82, 2.24) is 5.32 Å². The molecule has 0 unspecified atom stereocenters. The minimum absolute atomic E-state index is 0.00151. The van der Waals surface area contributed by atoms with Gasteiger partial charge in [0.05, 0.1) is 0 Å². The van der Waals surface area contributed by atoms with Crippen molar-refractivity contribution >= 4 is 17.2 Å². The Morgan fingerprint density at radius 1 is 1.12 bits per heavy atom. The maximum absolute atomic E-state index is 12.3. The highest BCUT2D eigenvalue weighted by molar-refractivity contribution is 7.08. The van der Waals surface area contributed by atoms with Gasteiger partial charge in [-0.15, -0.1) is 0 Å². The lowest BCUT2D eigenvalue weighted by atomic mass is 9.78. The van der Waals surface area contributed by atoms with Crippen molar-refractivity contribution in [1.29, 1.82) is 0 Å². The molecule has 4 rings (SSSR count). The molecule has 24 heavy (non-hydrogen) atoms. The van der Waals surface area contributed by atoms with Crippen molar-refractivity contribution < 1.29 is 14.3 Å². The molecule has 0 saturated heterocycles. The van der Waals surface area contributed by atoms with Crippen molar-refractivity contribution in [3.05, 3.63) is 46.2 Å². The number of carbonyl (C=O) groups excluding carboxylic acids is 1. The van der Waals surface area contributed by atoms with Crippen LogP contribution in [-0.2, 0) is 5.41 Å². The fraction of sp³-hybridized carbons (Fsp3) is 0.421. The molecule has 126 valence electrons. The third-order valence-corrected chi connectivity index (χ3v) is 5.77. The Labute approximate surface area is 145 Å². The molecular formula is C19H21NO3S. The second-order valence-corrected chi connectivity index (χ2v) is 7.32. The summed E-state index contributed by atoms with van der Waals surface area (Å²) in [5, 5.41) is 6.96. The van der Waals surface area contributed by atoms with Crippen molar-refractivity contribution in [2.75, 3.05) is 19.8 Å². The van der Waals surface area contributed by atoms with Gasteiger partial charge >= 0.3 is 0 Å². The summed E-state index contributed by atoms with van der Waals surface area (Å²) in [6.45, 7) is 1.87. The van der Waals surface area contributed by atoms with E-state index in [1.54, 1.807) is 11.3 Å². The van der Waals surface area contributed by atoms with Gasteiger partial charge in [0, 0.05) is 22.9 Å². The van der Waals surface area contributed by atoms with Crippen LogP contribution in [0.1, 0.15) is 41.6 Å². The van der Waals surface area contributed by atoms with E-state index in [1.165, 1.54) is 18.4 Å². The fourth-order valence-corrected chi connectivity index (χ4v) is 4.37. The first kappa shape index (κ1) is 15.5. The van der Waals surface area contributed by atoms with Crippen molar-refractivity contribution in [2.45, 2.75) is 31.1 Å². The number of carbonyl (C=O) groups is 1. The zero-order valence-electron chi connectivity index (χ0n) is 13.5. The summed E-state index contributed by atoms with van der Waals surface area (Å²) in [4.78, 5) is 12.3. The number of hydrogen-bond donors (Lipinski definition) is 1. The van der Waals surface area contributed by atoms with Gasteiger partial charge in [-0.25, -0.2) is 0 Å². The molecule has 0 bridgehead atoms. The summed E-state index contributed by atoms with van der Waals surface area (Å²) in [7, 11) is 0. The molecule has 1 aliphatic heterocycles. The molecule has 1 N–H and O–H groups in total. The second-order valence-electron chi connectivity index (χ2n) is 6.54. The third-order valence-electron chi connectivity index (χ3n) is 5.09. The summed E-state index contributed by atoms with van der Waals surface area (Å²) in [5.74, 6) is 1.66. The quantitative estimate of drug-likeness (QED) is 0.919. The summed E-state index contributed by atoms with van der Waals surface area (Å²) in [6.07, 6.45) is 4.58. The number of ether oxygens (including phenoxy) is 2. The van der Waals surface area contributed by atoms with Gasteiger partial charge in [0.25, 0.3) is 5.91 Å². The molecule has 1 aliphatic carbocycles. The highest BCUT2D eigenvalue weighted by Crippen LogP contribution is 2.43. The lowest BCUT2D eigenvalue weighted by molar-refractivity contribution is 0.0943. The van der Waals surface area contributed by atoms with Crippen LogP contribution in [0, 0.1) is 0 Å². The van der Waals surface area contributed by atoms with Crippen LogP contribution >= 0.6 is 11.3 Å². The SMILES string of the molecule is O=C(NCC1(c2ccc3c(c2)OCCO3)CCCC1)c1ccsc1. The van der Waals surface area contributed by atoms with Crippen LogP contribution in [-0.4, -0.2) is 25.7 Å². The summed E-state index contributed by atoms with van der Waals surface area (Å²) in [6, 6.07) is 8.11. The van der Waals surface area contributed by atoms with E-state index in [0.717, 1.165) is 29.9 Å². The Morgan fingerprint density at radius 2 is 1.92 bits per heavy atom. The maximum Gasteiger partial charge on any atom is 0.252 e. The van der Waals surface area contributed by atoms with Gasteiger partial charge in [-0.2, -0.15) is 11.3 Å². The lowest BCUT2D eigenvalue weighted by Gasteiger charge is -2.31. The van der Waals surface area contributed by atoms with Gasteiger partial charge in [0.15, 0.2) is 11.5 Å². The first-order chi connectivity index (χ1) is 11.8. The Hall–Kier alpha value is -2.01. The molecule has 5 heteroatoms. The van der Waals surface area contributed by atoms with Gasteiger partial charge in [-0.3, -0.25) is 4.79 Å². The predicted molar refractivity (Wildman–Crippen MR) is 94.2 cm³/mol. The number of rotatable bonds is 4. The number of fused-ring (bicyclic) bond motifs is 1. The lowest BCUT2D eigenvalue weighted by Crippen LogP contribution is -2.39. The molecule has 4 nitrogen and oxygen atoms in total. The van der Waals surface area contributed by atoms with Crippen molar-refractivity contribution in [3.63, 3.8) is 0 Å². The minimum Gasteiger partial charge on any atom is -0.486 e. The summed E-state index contributed by atoms with van der Waals surface area (Å²) >= 11 is 1.55. The van der Waals surface area contributed by atoms with Gasteiger partial charge in [-0.05, 0) is 42.0 Å². The van der Waals surface area contributed by atoms with Crippen LogP contribution in [0.2, 0.25) is 0 Å². The number of amides is 1. The number of benzene rings is 1. The molecule has 1 fully saturated rings. The Morgan fingerprint density at radius 3 is 2.67 bits per heavy atom. The van der Waals surface area contributed by atoms with E-state index >= 15 is 0 Å². The normalized spacial score (nSPS) is 18.3. The fourth-order valence-electron chi connectivity index (χ4n) is 3.74. The average Bonchev–Trinajstić information content (AvgIpc) is 3.32.